The molecule has 0 spiro atoms. The molecule has 0 saturated carbocycles. The number of aromatic nitrogens is 2. The van der Waals surface area contributed by atoms with Crippen LogP contribution in [0.5, 0.6) is 5.75 Å². The van der Waals surface area contributed by atoms with Crippen molar-refractivity contribution >= 4 is 11.4 Å². The van der Waals surface area contributed by atoms with Crippen molar-refractivity contribution < 1.29 is 9.53 Å². The minimum Gasteiger partial charge on any atom is -0.491 e. The molecule has 5 heteroatoms. The average molecular weight is 261 g/mol. The quantitative estimate of drug-likeness (QED) is 0.745. The van der Waals surface area contributed by atoms with Gasteiger partial charge in [-0.2, -0.15) is 0 Å². The molecular formula is C14H19N3O2. The third kappa shape index (κ3) is 3.32. The molecule has 2 rings (SSSR count). The van der Waals surface area contributed by atoms with E-state index in [-0.39, 0.29) is 5.78 Å². The summed E-state index contributed by atoms with van der Waals surface area (Å²) < 4.78 is 7.47. The van der Waals surface area contributed by atoms with Crippen LogP contribution in [0.15, 0.2) is 24.5 Å². The van der Waals surface area contributed by atoms with E-state index in [1.165, 1.54) is 0 Å². The number of imidazole rings is 1. The van der Waals surface area contributed by atoms with Crippen LogP contribution in [0, 0.1) is 0 Å². The molecule has 2 heterocycles. The van der Waals surface area contributed by atoms with Crippen molar-refractivity contribution in [2.24, 2.45) is 0 Å². The lowest BCUT2D eigenvalue weighted by Gasteiger charge is -2.10. The number of fused-ring (bicyclic) bond motifs is 1. The summed E-state index contributed by atoms with van der Waals surface area (Å²) >= 11 is 0. The van der Waals surface area contributed by atoms with Gasteiger partial charge in [-0.1, -0.05) is 6.92 Å². The summed E-state index contributed by atoms with van der Waals surface area (Å²) in [5, 5.41) is 0. The van der Waals surface area contributed by atoms with Gasteiger partial charge in [0.05, 0.1) is 6.20 Å². The zero-order valence-corrected chi connectivity index (χ0v) is 11.6. The second kappa shape index (κ2) is 5.84. The van der Waals surface area contributed by atoms with Gasteiger partial charge < -0.3 is 14.0 Å². The van der Waals surface area contributed by atoms with Crippen molar-refractivity contribution in [1.29, 1.82) is 0 Å². The van der Waals surface area contributed by atoms with E-state index in [1.807, 2.05) is 43.7 Å². The molecule has 0 atom stereocenters. The normalized spacial score (nSPS) is 11.2. The van der Waals surface area contributed by atoms with Crippen LogP contribution in [-0.2, 0) is 0 Å². The van der Waals surface area contributed by atoms with E-state index in [2.05, 4.69) is 9.88 Å². The molecule has 0 aromatic carbocycles. The Morgan fingerprint density at radius 1 is 1.37 bits per heavy atom. The Morgan fingerprint density at radius 3 is 2.84 bits per heavy atom. The van der Waals surface area contributed by atoms with E-state index in [0.29, 0.717) is 18.7 Å². The van der Waals surface area contributed by atoms with Gasteiger partial charge in [0.25, 0.3) is 0 Å². The summed E-state index contributed by atoms with van der Waals surface area (Å²) in [6.45, 7) is 3.33. The Hall–Kier alpha value is -1.88. The molecule has 0 aliphatic heterocycles. The van der Waals surface area contributed by atoms with Crippen molar-refractivity contribution in [3.8, 4) is 5.75 Å². The predicted molar refractivity (Wildman–Crippen MR) is 73.9 cm³/mol. The van der Waals surface area contributed by atoms with Gasteiger partial charge in [0.1, 0.15) is 23.7 Å². The first-order valence-electron chi connectivity index (χ1n) is 6.39. The average Bonchev–Trinajstić information content (AvgIpc) is 2.80. The van der Waals surface area contributed by atoms with Crippen molar-refractivity contribution in [3.05, 3.63) is 30.2 Å². The van der Waals surface area contributed by atoms with Crippen molar-refractivity contribution in [1.82, 2.24) is 14.3 Å². The van der Waals surface area contributed by atoms with E-state index in [9.17, 15) is 4.79 Å². The van der Waals surface area contributed by atoms with Crippen LogP contribution in [0.1, 0.15) is 23.8 Å². The molecule has 0 unspecified atom stereocenters. The fraction of sp³-hybridized carbons (Fsp3) is 0.429. The van der Waals surface area contributed by atoms with Crippen molar-refractivity contribution in [2.75, 3.05) is 27.2 Å². The number of carbonyl (C=O) groups excluding carboxylic acids is 1. The Labute approximate surface area is 112 Å². The van der Waals surface area contributed by atoms with Gasteiger partial charge >= 0.3 is 0 Å². The van der Waals surface area contributed by atoms with Gasteiger partial charge in [0.2, 0.25) is 0 Å². The van der Waals surface area contributed by atoms with Gasteiger partial charge in [-0.05, 0) is 26.2 Å². The lowest BCUT2D eigenvalue weighted by Crippen LogP contribution is -2.19. The first-order valence-corrected chi connectivity index (χ1v) is 6.39. The molecular weight excluding hydrogens is 242 g/mol. The van der Waals surface area contributed by atoms with Crippen molar-refractivity contribution in [3.63, 3.8) is 0 Å². The summed E-state index contributed by atoms with van der Waals surface area (Å²) in [4.78, 5) is 17.9. The van der Waals surface area contributed by atoms with Gasteiger partial charge in [-0.3, -0.25) is 4.79 Å². The van der Waals surface area contributed by atoms with E-state index >= 15 is 0 Å². The zero-order chi connectivity index (χ0) is 13.8. The van der Waals surface area contributed by atoms with Crippen LogP contribution in [0.25, 0.3) is 5.65 Å². The van der Waals surface area contributed by atoms with Crippen LogP contribution >= 0.6 is 0 Å². The molecule has 0 amide bonds. The van der Waals surface area contributed by atoms with Gasteiger partial charge in [0, 0.05) is 19.2 Å². The van der Waals surface area contributed by atoms with Crippen LogP contribution in [0.4, 0.5) is 0 Å². The molecule has 0 fully saturated rings. The number of carbonyl (C=O) groups is 1. The fourth-order valence-electron chi connectivity index (χ4n) is 1.72. The highest BCUT2D eigenvalue weighted by Gasteiger charge is 2.08. The third-order valence-electron chi connectivity index (χ3n) is 2.84. The second-order valence-electron chi connectivity index (χ2n) is 4.68. The molecule has 0 aliphatic carbocycles. The summed E-state index contributed by atoms with van der Waals surface area (Å²) in [6, 6.07) is 3.73. The largest absolute Gasteiger partial charge is 0.491 e. The fourth-order valence-corrected chi connectivity index (χ4v) is 1.72. The second-order valence-corrected chi connectivity index (χ2v) is 4.68. The SMILES string of the molecule is CCC(=O)c1cn2cc(OCCN(C)C)ccc2n1. The first kappa shape index (κ1) is 13.5. The van der Waals surface area contributed by atoms with Gasteiger partial charge in [-0.25, -0.2) is 4.98 Å². The van der Waals surface area contributed by atoms with Crippen LogP contribution in [0.2, 0.25) is 0 Å². The molecule has 0 radical (unpaired) electrons. The molecule has 0 saturated heterocycles. The zero-order valence-electron chi connectivity index (χ0n) is 11.6. The highest BCUT2D eigenvalue weighted by Crippen LogP contribution is 2.14. The number of ether oxygens (including phenoxy) is 1. The molecule has 19 heavy (non-hydrogen) atoms. The summed E-state index contributed by atoms with van der Waals surface area (Å²) in [5.74, 6) is 0.834. The molecule has 2 aromatic rings. The molecule has 2 aromatic heterocycles. The maximum absolute atomic E-state index is 11.6. The lowest BCUT2D eigenvalue weighted by molar-refractivity contribution is 0.0984. The van der Waals surface area contributed by atoms with E-state index in [4.69, 9.17) is 4.74 Å². The number of rotatable bonds is 6. The number of Topliss-reactive ketones (excluding diaryl/α,β-unsaturated/α-hetero) is 1. The van der Waals surface area contributed by atoms with Gasteiger partial charge in [-0.15, -0.1) is 0 Å². The van der Waals surface area contributed by atoms with Gasteiger partial charge in [0.15, 0.2) is 5.78 Å². The Bertz CT molecular complexity index is 575. The smallest absolute Gasteiger partial charge is 0.182 e. The number of ketones is 1. The molecule has 102 valence electrons. The Balaban J connectivity index is 2.13. The van der Waals surface area contributed by atoms with E-state index < -0.39 is 0 Å². The molecule has 5 nitrogen and oxygen atoms in total. The minimum absolute atomic E-state index is 0.0544. The summed E-state index contributed by atoms with van der Waals surface area (Å²) in [7, 11) is 4.01. The standard InChI is InChI=1S/C14H19N3O2/c1-4-13(18)12-10-17-9-11(5-6-14(17)15-12)19-8-7-16(2)3/h5-6,9-10H,4,7-8H2,1-3H3. The highest BCUT2D eigenvalue weighted by molar-refractivity contribution is 5.94. The third-order valence-corrected chi connectivity index (χ3v) is 2.84. The van der Waals surface area contributed by atoms with E-state index in [0.717, 1.165) is 17.9 Å². The number of nitrogens with zero attached hydrogens (tertiary/aromatic N) is 3. The predicted octanol–water partition coefficient (Wildman–Crippen LogP) is 1.87. The Kier molecular flexibility index (Phi) is 4.16. The maximum atomic E-state index is 11.6. The van der Waals surface area contributed by atoms with Crippen molar-refractivity contribution in [2.45, 2.75) is 13.3 Å². The number of hydrogen-bond donors (Lipinski definition) is 0. The topological polar surface area (TPSA) is 46.8 Å². The van der Waals surface area contributed by atoms with Crippen LogP contribution in [0.3, 0.4) is 0 Å². The van der Waals surface area contributed by atoms with Crippen LogP contribution in [-0.4, -0.2) is 47.3 Å². The lowest BCUT2D eigenvalue weighted by atomic mass is 10.2. The monoisotopic (exact) mass is 261 g/mol. The molecule has 0 bridgehead atoms. The Morgan fingerprint density at radius 2 is 2.16 bits per heavy atom. The highest BCUT2D eigenvalue weighted by atomic mass is 16.5. The number of pyridine rings is 1. The minimum atomic E-state index is 0.0544. The van der Waals surface area contributed by atoms with E-state index in [1.54, 1.807) is 6.20 Å². The summed E-state index contributed by atoms with van der Waals surface area (Å²) in [6.07, 6.45) is 4.07. The first-order chi connectivity index (χ1) is 9.10. The number of likely N-dealkylation sites (N-methyl/N-ethyl adjacent to an activating group) is 1. The van der Waals surface area contributed by atoms with Crippen LogP contribution < -0.4 is 4.74 Å². The molecule has 0 aliphatic rings. The summed E-state index contributed by atoms with van der Waals surface area (Å²) in [5.41, 5.74) is 1.27. The molecule has 0 N–H and O–H groups in total. The maximum Gasteiger partial charge on any atom is 0.182 e. The number of hydrogen-bond acceptors (Lipinski definition) is 4.